The van der Waals surface area contributed by atoms with Crippen molar-refractivity contribution in [3.8, 4) is 21.7 Å². The fourth-order valence-corrected chi connectivity index (χ4v) is 3.98. The molecule has 0 aliphatic rings. The number of aromatic amines is 1. The third kappa shape index (κ3) is 2.41. The topological polar surface area (TPSA) is 54.7 Å². The van der Waals surface area contributed by atoms with Crippen LogP contribution < -0.4 is 5.73 Å². The number of nitrogens with zero attached hydrogens (tertiary/aromatic N) is 1. The summed E-state index contributed by atoms with van der Waals surface area (Å²) in [6, 6.07) is 8.28. The summed E-state index contributed by atoms with van der Waals surface area (Å²) in [7, 11) is 0. The van der Waals surface area contributed by atoms with Gasteiger partial charge < -0.3 is 5.73 Å². The third-order valence-corrected chi connectivity index (χ3v) is 6.07. The van der Waals surface area contributed by atoms with E-state index in [1.165, 1.54) is 12.1 Å². The molecule has 7 heteroatoms. The van der Waals surface area contributed by atoms with E-state index in [4.69, 9.17) is 5.73 Å². The van der Waals surface area contributed by atoms with Crippen molar-refractivity contribution in [2.75, 3.05) is 5.73 Å². The molecule has 2 aromatic heterocycles. The number of hydrogen-bond acceptors (Lipinski definition) is 3. The van der Waals surface area contributed by atoms with Crippen LogP contribution in [0, 0.1) is 5.82 Å². The van der Waals surface area contributed by atoms with E-state index in [9.17, 15) is 4.39 Å². The first-order valence-electron chi connectivity index (χ1n) is 5.61. The van der Waals surface area contributed by atoms with Gasteiger partial charge in [0.2, 0.25) is 0 Å². The van der Waals surface area contributed by atoms with E-state index in [1.807, 2.05) is 12.1 Å². The molecule has 0 aliphatic carbocycles. The minimum Gasteiger partial charge on any atom is -0.382 e. The minimum atomic E-state index is -0.303. The zero-order chi connectivity index (χ0) is 14.3. The summed E-state index contributed by atoms with van der Waals surface area (Å²) >= 11 is 8.45. The standard InChI is InChI=1S/C13H8Br2FN3S/c14-8-5-9(20-12(8)15)11-10(13(17)19-18-11)6-2-1-3-7(16)4-6/h1-5H,(H3,17,18,19). The molecule has 3 rings (SSSR count). The maximum absolute atomic E-state index is 13.4. The molecule has 3 aromatic rings. The van der Waals surface area contributed by atoms with E-state index < -0.39 is 0 Å². The van der Waals surface area contributed by atoms with Crippen LogP contribution in [0.4, 0.5) is 10.2 Å². The van der Waals surface area contributed by atoms with Crippen molar-refractivity contribution in [3.63, 3.8) is 0 Å². The number of rotatable bonds is 2. The van der Waals surface area contributed by atoms with Gasteiger partial charge >= 0.3 is 0 Å². The first-order chi connectivity index (χ1) is 9.56. The van der Waals surface area contributed by atoms with Crippen LogP contribution in [0.5, 0.6) is 0 Å². The van der Waals surface area contributed by atoms with Gasteiger partial charge in [0.15, 0.2) is 5.82 Å². The highest BCUT2D eigenvalue weighted by molar-refractivity contribution is 9.13. The normalized spacial score (nSPS) is 10.9. The average molecular weight is 417 g/mol. The Bertz CT molecular complexity index is 762. The lowest BCUT2D eigenvalue weighted by Crippen LogP contribution is -1.89. The Morgan fingerprint density at radius 1 is 1.25 bits per heavy atom. The van der Waals surface area contributed by atoms with E-state index in [1.54, 1.807) is 17.4 Å². The lowest BCUT2D eigenvalue weighted by molar-refractivity contribution is 0.628. The largest absolute Gasteiger partial charge is 0.382 e. The molecule has 0 bridgehead atoms. The molecule has 0 saturated heterocycles. The van der Waals surface area contributed by atoms with Gasteiger partial charge in [-0.15, -0.1) is 11.3 Å². The lowest BCUT2D eigenvalue weighted by Gasteiger charge is -2.03. The van der Waals surface area contributed by atoms with Crippen LogP contribution in [-0.2, 0) is 0 Å². The van der Waals surface area contributed by atoms with Gasteiger partial charge in [-0.1, -0.05) is 12.1 Å². The Hall–Kier alpha value is -1.18. The Morgan fingerprint density at radius 2 is 2.05 bits per heavy atom. The first kappa shape index (κ1) is 13.8. The zero-order valence-corrected chi connectivity index (χ0v) is 13.9. The molecule has 0 spiro atoms. The number of hydrogen-bond donors (Lipinski definition) is 2. The van der Waals surface area contributed by atoms with E-state index >= 15 is 0 Å². The molecular formula is C13H8Br2FN3S. The van der Waals surface area contributed by atoms with Gasteiger partial charge in [-0.25, -0.2) is 4.39 Å². The van der Waals surface area contributed by atoms with Gasteiger partial charge in [0.05, 0.1) is 19.9 Å². The molecule has 3 nitrogen and oxygen atoms in total. The number of benzene rings is 1. The number of nitrogen functional groups attached to an aromatic ring is 1. The molecule has 0 amide bonds. The van der Waals surface area contributed by atoms with Gasteiger partial charge in [0, 0.05) is 4.47 Å². The second-order valence-electron chi connectivity index (χ2n) is 4.10. The number of thiophene rings is 1. The van der Waals surface area contributed by atoms with Gasteiger partial charge in [-0.2, -0.15) is 5.10 Å². The summed E-state index contributed by atoms with van der Waals surface area (Å²) in [5, 5.41) is 6.96. The summed E-state index contributed by atoms with van der Waals surface area (Å²) in [5.74, 6) is 0.0498. The van der Waals surface area contributed by atoms with Crippen LogP contribution in [0.3, 0.4) is 0 Å². The maximum atomic E-state index is 13.4. The average Bonchev–Trinajstić information content (AvgIpc) is 2.93. The molecule has 3 N–H and O–H groups in total. The second-order valence-corrected chi connectivity index (χ2v) is 7.33. The van der Waals surface area contributed by atoms with E-state index in [0.29, 0.717) is 16.9 Å². The van der Waals surface area contributed by atoms with Crippen LogP contribution in [0.25, 0.3) is 21.7 Å². The molecule has 102 valence electrons. The van der Waals surface area contributed by atoms with Crippen molar-refractivity contribution in [3.05, 3.63) is 44.4 Å². The van der Waals surface area contributed by atoms with Gasteiger partial charge in [-0.3, -0.25) is 5.10 Å². The maximum Gasteiger partial charge on any atom is 0.153 e. The molecule has 0 atom stereocenters. The first-order valence-corrected chi connectivity index (χ1v) is 8.01. The third-order valence-electron chi connectivity index (χ3n) is 2.80. The quantitative estimate of drug-likeness (QED) is 0.613. The minimum absolute atomic E-state index is 0.303. The highest BCUT2D eigenvalue weighted by Crippen LogP contribution is 2.42. The molecule has 20 heavy (non-hydrogen) atoms. The summed E-state index contributed by atoms with van der Waals surface area (Å²) < 4.78 is 15.3. The van der Waals surface area contributed by atoms with Crippen molar-refractivity contribution >= 4 is 49.0 Å². The fourth-order valence-electron chi connectivity index (χ4n) is 1.94. The molecule has 2 heterocycles. The van der Waals surface area contributed by atoms with Gasteiger partial charge in [-0.05, 0) is 55.6 Å². The lowest BCUT2D eigenvalue weighted by atomic mass is 10.0. The second kappa shape index (κ2) is 5.31. The van der Waals surface area contributed by atoms with Crippen LogP contribution in [0.2, 0.25) is 0 Å². The van der Waals surface area contributed by atoms with Gasteiger partial charge in [0.25, 0.3) is 0 Å². The number of halogens is 3. The van der Waals surface area contributed by atoms with Crippen molar-refractivity contribution in [1.82, 2.24) is 10.2 Å². The molecular weight excluding hydrogens is 409 g/mol. The Balaban J connectivity index is 2.19. The summed E-state index contributed by atoms with van der Waals surface area (Å²) in [4.78, 5) is 0.965. The Labute approximate surface area is 135 Å². The van der Waals surface area contributed by atoms with Gasteiger partial charge in [0.1, 0.15) is 5.82 Å². The summed E-state index contributed by atoms with van der Waals surface area (Å²) in [6.07, 6.45) is 0. The van der Waals surface area contributed by atoms with Crippen molar-refractivity contribution in [1.29, 1.82) is 0 Å². The summed E-state index contributed by atoms with van der Waals surface area (Å²) in [6.45, 7) is 0. The number of nitrogens with two attached hydrogens (primary N) is 1. The molecule has 0 fully saturated rings. The molecule has 0 radical (unpaired) electrons. The van der Waals surface area contributed by atoms with Crippen molar-refractivity contribution in [2.45, 2.75) is 0 Å². The summed E-state index contributed by atoms with van der Waals surface area (Å²) in [5.41, 5.74) is 8.12. The van der Waals surface area contributed by atoms with E-state index in [2.05, 4.69) is 42.1 Å². The SMILES string of the molecule is Nc1n[nH]c(-c2cc(Br)c(Br)s2)c1-c1cccc(F)c1. The van der Waals surface area contributed by atoms with E-state index in [0.717, 1.165) is 18.8 Å². The van der Waals surface area contributed by atoms with Crippen molar-refractivity contribution in [2.24, 2.45) is 0 Å². The zero-order valence-electron chi connectivity index (χ0n) is 9.95. The fraction of sp³-hybridized carbons (Fsp3) is 0. The molecule has 0 aliphatic heterocycles. The molecule has 1 aromatic carbocycles. The predicted molar refractivity (Wildman–Crippen MR) is 87.1 cm³/mol. The predicted octanol–water partition coefficient (Wildman–Crippen LogP) is 5.05. The number of aromatic nitrogens is 2. The van der Waals surface area contributed by atoms with Crippen LogP contribution in [0.15, 0.2) is 38.6 Å². The highest BCUT2D eigenvalue weighted by Gasteiger charge is 2.17. The monoisotopic (exact) mass is 415 g/mol. The molecule has 0 saturated carbocycles. The number of anilines is 1. The number of H-pyrrole nitrogens is 1. The van der Waals surface area contributed by atoms with Crippen LogP contribution >= 0.6 is 43.2 Å². The smallest absolute Gasteiger partial charge is 0.153 e. The Morgan fingerprint density at radius 3 is 2.70 bits per heavy atom. The number of nitrogens with one attached hydrogen (secondary N) is 1. The Kier molecular flexibility index (Phi) is 3.66. The highest BCUT2D eigenvalue weighted by atomic mass is 79.9. The van der Waals surface area contributed by atoms with Crippen LogP contribution in [0.1, 0.15) is 0 Å². The van der Waals surface area contributed by atoms with E-state index in [-0.39, 0.29) is 5.82 Å². The van der Waals surface area contributed by atoms with Crippen molar-refractivity contribution < 1.29 is 4.39 Å². The van der Waals surface area contributed by atoms with Crippen LogP contribution in [-0.4, -0.2) is 10.2 Å². The molecule has 0 unspecified atom stereocenters.